The van der Waals surface area contributed by atoms with Gasteiger partial charge < -0.3 is 10.2 Å². The van der Waals surface area contributed by atoms with Crippen LogP contribution in [0.2, 0.25) is 0 Å². The van der Waals surface area contributed by atoms with Crippen LogP contribution in [0.25, 0.3) is 0 Å². The highest BCUT2D eigenvalue weighted by atomic mass is 16.4. The standard InChI is InChI=1S/C5H7N3O3/c9-4(5(10)11)1-8-3-6-2-7-8/h2-4,9H,1H2,(H,10,11)/t4-/m1/s1. The van der Waals surface area contributed by atoms with Crippen LogP contribution in [-0.4, -0.2) is 37.1 Å². The van der Waals surface area contributed by atoms with E-state index in [4.69, 9.17) is 10.2 Å². The molecule has 0 unspecified atom stereocenters. The van der Waals surface area contributed by atoms with Crippen LogP contribution >= 0.6 is 0 Å². The van der Waals surface area contributed by atoms with Gasteiger partial charge in [0.25, 0.3) is 0 Å². The van der Waals surface area contributed by atoms with E-state index in [0.717, 1.165) is 0 Å². The highest BCUT2D eigenvalue weighted by molar-refractivity contribution is 5.71. The summed E-state index contributed by atoms with van der Waals surface area (Å²) in [6.07, 6.45) is 1.19. The molecule has 0 fully saturated rings. The summed E-state index contributed by atoms with van der Waals surface area (Å²) in [7, 11) is 0. The molecule has 0 bridgehead atoms. The van der Waals surface area contributed by atoms with Gasteiger partial charge in [0.2, 0.25) is 0 Å². The van der Waals surface area contributed by atoms with Gasteiger partial charge in [-0.1, -0.05) is 0 Å². The van der Waals surface area contributed by atoms with Crippen molar-refractivity contribution < 1.29 is 15.0 Å². The van der Waals surface area contributed by atoms with E-state index in [2.05, 4.69) is 10.1 Å². The number of aromatic nitrogens is 3. The molecule has 6 heteroatoms. The largest absolute Gasteiger partial charge is 0.479 e. The molecule has 0 saturated carbocycles. The van der Waals surface area contributed by atoms with Gasteiger partial charge in [0.1, 0.15) is 12.7 Å². The molecule has 2 N–H and O–H groups in total. The lowest BCUT2D eigenvalue weighted by atomic mass is 10.4. The maximum Gasteiger partial charge on any atom is 0.334 e. The Bertz CT molecular complexity index is 233. The third-order valence-electron chi connectivity index (χ3n) is 1.11. The quantitative estimate of drug-likeness (QED) is 0.570. The predicted octanol–water partition coefficient (Wildman–Crippen LogP) is -1.28. The van der Waals surface area contributed by atoms with Crippen LogP contribution in [0.4, 0.5) is 0 Å². The van der Waals surface area contributed by atoms with Gasteiger partial charge in [-0.05, 0) is 0 Å². The van der Waals surface area contributed by atoms with Crippen LogP contribution in [0.15, 0.2) is 12.7 Å². The molecule has 0 spiro atoms. The van der Waals surface area contributed by atoms with Crippen molar-refractivity contribution in [3.05, 3.63) is 12.7 Å². The maximum atomic E-state index is 10.1. The number of aliphatic carboxylic acids is 1. The van der Waals surface area contributed by atoms with Crippen LogP contribution in [-0.2, 0) is 11.3 Å². The van der Waals surface area contributed by atoms with E-state index in [1.807, 2.05) is 0 Å². The Kier molecular flexibility index (Phi) is 2.17. The lowest BCUT2D eigenvalue weighted by molar-refractivity contribution is -0.147. The highest BCUT2D eigenvalue weighted by Gasteiger charge is 2.13. The molecular formula is C5H7N3O3. The third kappa shape index (κ3) is 2.01. The number of aliphatic hydroxyl groups excluding tert-OH is 1. The van der Waals surface area contributed by atoms with Gasteiger partial charge in [-0.15, -0.1) is 0 Å². The molecule has 0 saturated heterocycles. The molecular weight excluding hydrogens is 150 g/mol. The molecule has 1 atom stereocenters. The zero-order valence-electron chi connectivity index (χ0n) is 5.58. The molecule has 11 heavy (non-hydrogen) atoms. The summed E-state index contributed by atoms with van der Waals surface area (Å²) < 4.78 is 1.25. The molecule has 0 aromatic carbocycles. The molecule has 0 amide bonds. The van der Waals surface area contributed by atoms with Crippen molar-refractivity contribution in [2.24, 2.45) is 0 Å². The number of rotatable bonds is 3. The van der Waals surface area contributed by atoms with E-state index >= 15 is 0 Å². The average molecular weight is 157 g/mol. The van der Waals surface area contributed by atoms with Gasteiger partial charge in [0.15, 0.2) is 6.10 Å². The third-order valence-corrected chi connectivity index (χ3v) is 1.11. The monoisotopic (exact) mass is 157 g/mol. The van der Waals surface area contributed by atoms with Gasteiger partial charge in [-0.3, -0.25) is 0 Å². The molecule has 1 aromatic heterocycles. The molecule has 6 nitrogen and oxygen atoms in total. The summed E-state index contributed by atoms with van der Waals surface area (Å²) in [4.78, 5) is 13.7. The topological polar surface area (TPSA) is 88.2 Å². The Balaban J connectivity index is 2.50. The maximum absolute atomic E-state index is 10.1. The zero-order valence-corrected chi connectivity index (χ0v) is 5.58. The normalized spacial score (nSPS) is 12.8. The Hall–Kier alpha value is -1.43. The average Bonchev–Trinajstić information content (AvgIpc) is 2.39. The van der Waals surface area contributed by atoms with Crippen molar-refractivity contribution in [2.75, 3.05) is 0 Å². The summed E-state index contributed by atoms with van der Waals surface area (Å²) in [5, 5.41) is 20.7. The second kappa shape index (κ2) is 3.11. The van der Waals surface area contributed by atoms with Gasteiger partial charge in [0, 0.05) is 0 Å². The summed E-state index contributed by atoms with van der Waals surface area (Å²) >= 11 is 0. The smallest absolute Gasteiger partial charge is 0.334 e. The van der Waals surface area contributed by atoms with E-state index in [0.29, 0.717) is 0 Å². The molecule has 1 rings (SSSR count). The minimum absolute atomic E-state index is 0.0741. The number of aliphatic hydroxyl groups is 1. The number of hydrogen-bond acceptors (Lipinski definition) is 4. The van der Waals surface area contributed by atoms with Crippen molar-refractivity contribution in [3.8, 4) is 0 Å². The van der Waals surface area contributed by atoms with E-state index in [9.17, 15) is 4.79 Å². The molecule has 0 aliphatic rings. The minimum Gasteiger partial charge on any atom is -0.479 e. The van der Waals surface area contributed by atoms with Gasteiger partial charge >= 0.3 is 5.97 Å². The first-order chi connectivity index (χ1) is 5.20. The first-order valence-electron chi connectivity index (χ1n) is 2.93. The Morgan fingerprint density at radius 1 is 1.73 bits per heavy atom. The minimum atomic E-state index is -1.42. The van der Waals surface area contributed by atoms with Gasteiger partial charge in [-0.25, -0.2) is 14.5 Å². The lowest BCUT2D eigenvalue weighted by Gasteiger charge is -2.02. The van der Waals surface area contributed by atoms with Crippen LogP contribution < -0.4 is 0 Å². The summed E-state index contributed by atoms with van der Waals surface area (Å²) in [5.41, 5.74) is 0. The number of carboxylic acid groups (broad SMARTS) is 1. The highest BCUT2D eigenvalue weighted by Crippen LogP contribution is 1.88. The van der Waals surface area contributed by atoms with Gasteiger partial charge in [0.05, 0.1) is 6.54 Å². The number of carboxylic acids is 1. The van der Waals surface area contributed by atoms with E-state index < -0.39 is 12.1 Å². The molecule has 1 heterocycles. The van der Waals surface area contributed by atoms with Crippen molar-refractivity contribution in [3.63, 3.8) is 0 Å². The fourth-order valence-electron chi connectivity index (χ4n) is 0.582. The Morgan fingerprint density at radius 3 is 2.91 bits per heavy atom. The van der Waals surface area contributed by atoms with E-state index in [-0.39, 0.29) is 6.54 Å². The Morgan fingerprint density at radius 2 is 2.45 bits per heavy atom. The Labute approximate surface area is 62.1 Å². The van der Waals surface area contributed by atoms with E-state index in [1.165, 1.54) is 17.3 Å². The molecule has 0 aliphatic heterocycles. The van der Waals surface area contributed by atoms with Crippen molar-refractivity contribution >= 4 is 5.97 Å². The summed E-state index contributed by atoms with van der Waals surface area (Å²) in [5.74, 6) is -1.26. The molecule has 60 valence electrons. The number of nitrogens with zero attached hydrogens (tertiary/aromatic N) is 3. The lowest BCUT2D eigenvalue weighted by Crippen LogP contribution is -2.25. The van der Waals surface area contributed by atoms with Crippen LogP contribution in [0, 0.1) is 0 Å². The molecule has 0 radical (unpaired) electrons. The molecule has 0 aliphatic carbocycles. The summed E-state index contributed by atoms with van der Waals surface area (Å²) in [6, 6.07) is 0. The SMILES string of the molecule is O=C(O)[C@H](O)Cn1cncn1. The van der Waals surface area contributed by atoms with Crippen molar-refractivity contribution in [1.82, 2.24) is 14.8 Å². The first-order valence-corrected chi connectivity index (χ1v) is 2.93. The number of hydrogen-bond donors (Lipinski definition) is 2. The first kappa shape index (κ1) is 7.67. The van der Waals surface area contributed by atoms with Crippen LogP contribution in [0.3, 0.4) is 0 Å². The fraction of sp³-hybridized carbons (Fsp3) is 0.400. The fourth-order valence-corrected chi connectivity index (χ4v) is 0.582. The van der Waals surface area contributed by atoms with Crippen molar-refractivity contribution in [2.45, 2.75) is 12.6 Å². The van der Waals surface area contributed by atoms with Gasteiger partial charge in [-0.2, -0.15) is 5.10 Å². The van der Waals surface area contributed by atoms with E-state index in [1.54, 1.807) is 0 Å². The second-order valence-corrected chi connectivity index (χ2v) is 1.97. The van der Waals surface area contributed by atoms with Crippen molar-refractivity contribution in [1.29, 1.82) is 0 Å². The van der Waals surface area contributed by atoms with Crippen LogP contribution in [0.1, 0.15) is 0 Å². The number of carbonyl (C=O) groups is 1. The zero-order chi connectivity index (χ0) is 8.27. The second-order valence-electron chi connectivity index (χ2n) is 1.97. The predicted molar refractivity (Wildman–Crippen MR) is 33.7 cm³/mol. The summed E-state index contributed by atoms with van der Waals surface area (Å²) in [6.45, 7) is -0.0741. The molecule has 1 aromatic rings. The van der Waals surface area contributed by atoms with Crippen LogP contribution in [0.5, 0.6) is 0 Å².